The highest BCUT2D eigenvalue weighted by atomic mass is 32.2. The first-order valence-electron chi connectivity index (χ1n) is 8.67. The van der Waals surface area contributed by atoms with E-state index in [1.165, 1.54) is 0 Å². The smallest absolute Gasteiger partial charge is 0.243 e. The van der Waals surface area contributed by atoms with Crippen LogP contribution in [0.15, 0.2) is 39.9 Å². The van der Waals surface area contributed by atoms with Gasteiger partial charge >= 0.3 is 0 Å². The molecule has 25 heavy (non-hydrogen) atoms. The first-order valence-corrected chi connectivity index (χ1v) is 10.1. The molecule has 3 aliphatic rings. The van der Waals surface area contributed by atoms with E-state index in [0.29, 0.717) is 23.1 Å². The number of nitrogens with zero attached hydrogens (tertiary/aromatic N) is 3. The monoisotopic (exact) mass is 361 g/mol. The summed E-state index contributed by atoms with van der Waals surface area (Å²) in [5.74, 6) is 0.991. The first kappa shape index (κ1) is 16.8. The summed E-state index contributed by atoms with van der Waals surface area (Å²) in [7, 11) is -1.46. The van der Waals surface area contributed by atoms with Gasteiger partial charge in [-0.05, 0) is 44.4 Å². The molecule has 0 saturated carbocycles. The van der Waals surface area contributed by atoms with Crippen LogP contribution < -0.4 is 0 Å². The average molecular weight is 361 g/mol. The lowest BCUT2D eigenvalue weighted by Gasteiger charge is -2.35. The topological polar surface area (TPSA) is 66.7 Å². The molecule has 3 saturated heterocycles. The summed E-state index contributed by atoms with van der Waals surface area (Å²) in [5.41, 5.74) is 1.50. The van der Waals surface area contributed by atoms with Gasteiger partial charge in [0.05, 0.1) is 11.1 Å². The van der Waals surface area contributed by atoms with Gasteiger partial charge in [-0.25, -0.2) is 8.42 Å². The summed E-state index contributed by atoms with van der Waals surface area (Å²) >= 11 is 0. The van der Waals surface area contributed by atoms with Crippen LogP contribution in [-0.4, -0.2) is 55.5 Å². The third-order valence-electron chi connectivity index (χ3n) is 5.34. The maximum Gasteiger partial charge on any atom is 0.243 e. The summed E-state index contributed by atoms with van der Waals surface area (Å²) in [6.07, 6.45) is 3.61. The molecule has 2 atom stereocenters. The van der Waals surface area contributed by atoms with Gasteiger partial charge in [0.15, 0.2) is 5.76 Å². The second-order valence-corrected chi connectivity index (χ2v) is 9.11. The minimum Gasteiger partial charge on any atom is -0.356 e. The van der Waals surface area contributed by atoms with Gasteiger partial charge in [-0.3, -0.25) is 0 Å². The molecule has 0 amide bonds. The summed E-state index contributed by atoms with van der Waals surface area (Å²) in [6, 6.07) is 7.23. The maximum absolute atomic E-state index is 13.4. The zero-order valence-corrected chi connectivity index (χ0v) is 15.4. The zero-order chi connectivity index (χ0) is 17.6. The van der Waals surface area contributed by atoms with Crippen molar-refractivity contribution in [2.45, 2.75) is 30.7 Å². The number of hydrogen-bond acceptors (Lipinski definition) is 5. The Morgan fingerprint density at radius 3 is 2.76 bits per heavy atom. The highest BCUT2D eigenvalue weighted by Gasteiger charge is 2.40. The normalized spacial score (nSPS) is 25.2. The molecule has 0 unspecified atom stereocenters. The third-order valence-corrected chi connectivity index (χ3v) is 7.40. The number of aromatic nitrogens is 1. The van der Waals surface area contributed by atoms with Crippen molar-refractivity contribution in [1.29, 1.82) is 0 Å². The Kier molecular flexibility index (Phi) is 4.17. The Morgan fingerprint density at radius 2 is 2.00 bits per heavy atom. The van der Waals surface area contributed by atoms with Crippen LogP contribution in [0, 0.1) is 12.8 Å². The molecule has 134 valence electrons. The molecule has 0 aliphatic carbocycles. The van der Waals surface area contributed by atoms with Gasteiger partial charge in [0, 0.05) is 37.3 Å². The standard InChI is InChI=1S/C18H23N3O3S/c1-13-3-5-15(17-7-8-19-24-17)9-18(13)25(22,23)21-11-14-4-6-16(21)12-20(2)10-14/h3,5,7-9,14,16H,4,6,10-12H2,1-2H3/t14-,16+/m0/s1. The number of fused-ring (bicyclic) bond motifs is 4. The van der Waals surface area contributed by atoms with Gasteiger partial charge in [-0.1, -0.05) is 17.3 Å². The predicted octanol–water partition coefficient (Wildman–Crippen LogP) is 2.36. The summed E-state index contributed by atoms with van der Waals surface area (Å²) in [6.45, 7) is 4.23. The number of piperidine rings is 1. The lowest BCUT2D eigenvalue weighted by Crippen LogP contribution is -2.47. The molecule has 2 aromatic rings. The largest absolute Gasteiger partial charge is 0.356 e. The highest BCUT2D eigenvalue weighted by Crippen LogP contribution is 2.34. The fraction of sp³-hybridized carbons (Fsp3) is 0.500. The van der Waals surface area contributed by atoms with Crippen LogP contribution in [0.5, 0.6) is 0 Å². The van der Waals surface area contributed by atoms with Gasteiger partial charge in [-0.15, -0.1) is 0 Å². The van der Waals surface area contributed by atoms with Crippen molar-refractivity contribution >= 4 is 10.0 Å². The number of benzene rings is 1. The molecule has 3 fully saturated rings. The van der Waals surface area contributed by atoms with Gasteiger partial charge in [0.1, 0.15) is 0 Å². The van der Waals surface area contributed by atoms with Crippen molar-refractivity contribution < 1.29 is 12.9 Å². The molecule has 0 spiro atoms. The SMILES string of the molecule is Cc1ccc(-c2ccno2)cc1S(=O)(=O)N1C[C@H]2CC[C@@H]1CN(C)C2. The fourth-order valence-corrected chi connectivity index (χ4v) is 6.07. The Bertz CT molecular complexity index is 864. The first-order chi connectivity index (χ1) is 11.9. The molecular weight excluding hydrogens is 338 g/mol. The Hall–Kier alpha value is -1.70. The number of aryl methyl sites for hydroxylation is 1. The molecule has 0 radical (unpaired) electrons. The van der Waals surface area contributed by atoms with Gasteiger partial charge in [-0.2, -0.15) is 4.31 Å². The molecule has 1 aromatic carbocycles. The Morgan fingerprint density at radius 1 is 1.16 bits per heavy atom. The van der Waals surface area contributed by atoms with Gasteiger partial charge in [0.2, 0.25) is 10.0 Å². The molecule has 4 heterocycles. The minimum absolute atomic E-state index is 0.0575. The number of hydrogen-bond donors (Lipinski definition) is 0. The molecular formula is C18H23N3O3S. The van der Waals surface area contributed by atoms with Crippen LogP contribution in [0.4, 0.5) is 0 Å². The van der Waals surface area contributed by atoms with Crippen molar-refractivity contribution in [3.8, 4) is 11.3 Å². The Balaban J connectivity index is 1.74. The number of likely N-dealkylation sites (N-methyl/N-ethyl adjacent to an activating group) is 1. The lowest BCUT2D eigenvalue weighted by atomic mass is 9.97. The van der Waals surface area contributed by atoms with Crippen LogP contribution >= 0.6 is 0 Å². The van der Waals surface area contributed by atoms with E-state index in [0.717, 1.165) is 37.1 Å². The quantitative estimate of drug-likeness (QED) is 0.840. The third kappa shape index (κ3) is 3.01. The second-order valence-electron chi connectivity index (χ2n) is 7.25. The van der Waals surface area contributed by atoms with E-state index in [2.05, 4.69) is 17.1 Å². The van der Waals surface area contributed by atoms with Crippen LogP contribution in [0.3, 0.4) is 0 Å². The molecule has 6 nitrogen and oxygen atoms in total. The van der Waals surface area contributed by atoms with Crippen molar-refractivity contribution in [2.24, 2.45) is 5.92 Å². The summed E-state index contributed by atoms with van der Waals surface area (Å²) in [4.78, 5) is 2.63. The fourth-order valence-electron chi connectivity index (χ4n) is 4.09. The number of sulfonamides is 1. The molecule has 1 aromatic heterocycles. The maximum atomic E-state index is 13.4. The molecule has 2 bridgehead atoms. The van der Waals surface area contributed by atoms with Crippen LogP contribution in [0.1, 0.15) is 18.4 Å². The summed E-state index contributed by atoms with van der Waals surface area (Å²) < 4.78 is 33.8. The van der Waals surface area contributed by atoms with Gasteiger partial charge in [0.25, 0.3) is 0 Å². The average Bonchev–Trinajstić information content (AvgIpc) is 2.98. The van der Waals surface area contributed by atoms with E-state index in [9.17, 15) is 8.42 Å². The van der Waals surface area contributed by atoms with Crippen LogP contribution in [-0.2, 0) is 10.0 Å². The lowest BCUT2D eigenvalue weighted by molar-refractivity contribution is 0.229. The van der Waals surface area contributed by atoms with Crippen LogP contribution in [0.2, 0.25) is 0 Å². The summed E-state index contributed by atoms with van der Waals surface area (Å²) in [5, 5.41) is 3.71. The highest BCUT2D eigenvalue weighted by molar-refractivity contribution is 7.89. The Labute approximate surface area is 148 Å². The van der Waals surface area contributed by atoms with Crippen LogP contribution in [0.25, 0.3) is 11.3 Å². The van der Waals surface area contributed by atoms with E-state index < -0.39 is 10.0 Å². The van der Waals surface area contributed by atoms with E-state index in [1.54, 1.807) is 22.6 Å². The molecule has 7 heteroatoms. The van der Waals surface area contributed by atoms with Crippen molar-refractivity contribution in [2.75, 3.05) is 26.7 Å². The van der Waals surface area contributed by atoms with E-state index in [1.807, 2.05) is 19.1 Å². The zero-order valence-electron chi connectivity index (χ0n) is 14.6. The van der Waals surface area contributed by atoms with Crippen molar-refractivity contribution in [3.63, 3.8) is 0 Å². The van der Waals surface area contributed by atoms with E-state index in [4.69, 9.17) is 4.52 Å². The van der Waals surface area contributed by atoms with E-state index >= 15 is 0 Å². The van der Waals surface area contributed by atoms with Crippen molar-refractivity contribution in [1.82, 2.24) is 14.4 Å². The van der Waals surface area contributed by atoms with Gasteiger partial charge < -0.3 is 9.42 Å². The molecule has 5 rings (SSSR count). The number of rotatable bonds is 3. The predicted molar refractivity (Wildman–Crippen MR) is 94.6 cm³/mol. The molecule has 3 aliphatic heterocycles. The second kappa shape index (κ2) is 6.23. The minimum atomic E-state index is -3.54. The van der Waals surface area contributed by atoms with Crippen molar-refractivity contribution in [3.05, 3.63) is 36.0 Å². The van der Waals surface area contributed by atoms with E-state index in [-0.39, 0.29) is 6.04 Å². The molecule has 0 N–H and O–H groups in total.